The number of anilines is 1. The quantitative estimate of drug-likeness (QED) is 0.320. The van der Waals surface area contributed by atoms with Crippen LogP contribution in [0.5, 0.6) is 0 Å². The van der Waals surface area contributed by atoms with Crippen molar-refractivity contribution in [3.8, 4) is 0 Å². The number of thiophene rings is 1. The van der Waals surface area contributed by atoms with Gasteiger partial charge in [0.2, 0.25) is 11.1 Å². The molecular formula is C22H21N5O3S2. The summed E-state index contributed by atoms with van der Waals surface area (Å²) in [5.41, 5.74) is 3.93. The van der Waals surface area contributed by atoms with E-state index in [9.17, 15) is 9.59 Å². The van der Waals surface area contributed by atoms with Crippen molar-refractivity contribution in [1.82, 2.24) is 20.2 Å². The highest BCUT2D eigenvalue weighted by Gasteiger charge is 2.26. The number of ether oxygens (including phenoxy) is 1. The highest BCUT2D eigenvalue weighted by molar-refractivity contribution is 7.99. The number of amides is 1. The summed E-state index contributed by atoms with van der Waals surface area (Å²) >= 11 is 2.86. The van der Waals surface area contributed by atoms with Gasteiger partial charge in [-0.15, -0.1) is 21.5 Å². The molecule has 0 atom stereocenters. The number of hydrogen-bond acceptors (Lipinski definition) is 8. The molecule has 1 aliphatic rings. The first-order valence-electron chi connectivity index (χ1n) is 10.4. The highest BCUT2D eigenvalue weighted by atomic mass is 32.2. The van der Waals surface area contributed by atoms with Crippen LogP contribution in [0.1, 0.15) is 40.1 Å². The van der Waals surface area contributed by atoms with Crippen LogP contribution in [0.4, 0.5) is 5.00 Å². The fourth-order valence-electron chi connectivity index (χ4n) is 3.96. The first-order valence-corrected chi connectivity index (χ1v) is 12.2. The minimum atomic E-state index is -0.389. The van der Waals surface area contributed by atoms with Crippen LogP contribution in [0.25, 0.3) is 22.1 Å². The molecule has 164 valence electrons. The molecule has 4 aromatic rings. The third-order valence-electron chi connectivity index (χ3n) is 5.48. The average molecular weight is 468 g/mol. The molecule has 0 unspecified atom stereocenters. The fraction of sp³-hybridized carbons (Fsp3) is 0.318. The van der Waals surface area contributed by atoms with Gasteiger partial charge in [-0.05, 0) is 37.3 Å². The van der Waals surface area contributed by atoms with E-state index in [0.717, 1.165) is 47.7 Å². The Morgan fingerprint density at radius 3 is 2.94 bits per heavy atom. The molecular weight excluding hydrogens is 446 g/mol. The number of nitrogens with one attached hydrogen (secondary N) is 2. The summed E-state index contributed by atoms with van der Waals surface area (Å²) in [7, 11) is 1.37. The van der Waals surface area contributed by atoms with Crippen molar-refractivity contribution in [2.24, 2.45) is 0 Å². The molecule has 1 amide bonds. The summed E-state index contributed by atoms with van der Waals surface area (Å²) in [6.07, 6.45) is 4.21. The topological polar surface area (TPSA) is 110 Å². The summed E-state index contributed by atoms with van der Waals surface area (Å²) < 4.78 is 4.96. The average Bonchev–Trinajstić information content (AvgIpc) is 3.35. The van der Waals surface area contributed by atoms with E-state index >= 15 is 0 Å². The lowest BCUT2D eigenvalue weighted by Crippen LogP contribution is -2.15. The minimum Gasteiger partial charge on any atom is -0.465 e. The third kappa shape index (κ3) is 3.95. The maximum Gasteiger partial charge on any atom is 0.341 e. The highest BCUT2D eigenvalue weighted by Crippen LogP contribution is 2.38. The van der Waals surface area contributed by atoms with Crippen LogP contribution in [0.2, 0.25) is 0 Å². The van der Waals surface area contributed by atoms with E-state index in [0.29, 0.717) is 27.1 Å². The molecule has 0 radical (unpaired) electrons. The molecule has 3 heterocycles. The van der Waals surface area contributed by atoms with Gasteiger partial charge in [0.1, 0.15) is 10.5 Å². The lowest BCUT2D eigenvalue weighted by Gasteiger charge is -2.11. The standard InChI is InChI=1S/C22H21N5O3S2/c1-30-21(29)17-13-7-3-5-9-15(13)32-20(17)24-16(28)10-11-31-22-25-19-18(26-27-22)12-6-2-4-8-14(12)23-19/h2,4,6,8H,3,5,7,9-11H2,1H3,(H,24,28)(H,23,25,27). The summed E-state index contributed by atoms with van der Waals surface area (Å²) in [6, 6.07) is 7.86. The maximum absolute atomic E-state index is 12.6. The van der Waals surface area contributed by atoms with Gasteiger partial charge < -0.3 is 15.0 Å². The van der Waals surface area contributed by atoms with Crippen molar-refractivity contribution in [1.29, 1.82) is 0 Å². The Hall–Kier alpha value is -2.98. The Bertz CT molecular complexity index is 1330. The number of fused-ring (bicyclic) bond motifs is 4. The first kappa shape index (κ1) is 20.9. The monoisotopic (exact) mass is 467 g/mol. The molecule has 10 heteroatoms. The van der Waals surface area contributed by atoms with E-state index in [1.165, 1.54) is 35.1 Å². The van der Waals surface area contributed by atoms with Gasteiger partial charge >= 0.3 is 5.97 Å². The summed E-state index contributed by atoms with van der Waals surface area (Å²) in [4.78, 5) is 33.8. The number of aromatic nitrogens is 4. The van der Waals surface area contributed by atoms with Crippen LogP contribution in [0.15, 0.2) is 29.4 Å². The number of carbonyl (C=O) groups excluding carboxylic acids is 2. The lowest BCUT2D eigenvalue weighted by atomic mass is 9.95. The molecule has 32 heavy (non-hydrogen) atoms. The van der Waals surface area contributed by atoms with Gasteiger partial charge in [0.15, 0.2) is 5.65 Å². The van der Waals surface area contributed by atoms with Crippen LogP contribution in [-0.4, -0.2) is 44.9 Å². The van der Waals surface area contributed by atoms with Crippen molar-refractivity contribution in [2.75, 3.05) is 18.2 Å². The van der Waals surface area contributed by atoms with Gasteiger partial charge in [-0.2, -0.15) is 0 Å². The van der Waals surface area contributed by atoms with Crippen molar-refractivity contribution in [3.05, 3.63) is 40.3 Å². The molecule has 1 aromatic carbocycles. The van der Waals surface area contributed by atoms with Gasteiger partial charge in [0.25, 0.3) is 0 Å². The number of hydrogen-bond donors (Lipinski definition) is 2. The second-order valence-corrected chi connectivity index (χ2v) is 9.68. The SMILES string of the molecule is COC(=O)c1c(NC(=O)CCSc2nnc3c(n2)[nH]c2ccccc23)sc2c1CCCC2. The Kier molecular flexibility index (Phi) is 5.79. The summed E-state index contributed by atoms with van der Waals surface area (Å²) in [5, 5.41) is 13.5. The number of H-pyrrole nitrogens is 1. The number of aromatic amines is 1. The van der Waals surface area contributed by atoms with Crippen molar-refractivity contribution in [3.63, 3.8) is 0 Å². The van der Waals surface area contributed by atoms with Crippen LogP contribution < -0.4 is 5.32 Å². The number of nitrogens with zero attached hydrogens (tertiary/aromatic N) is 3. The molecule has 0 bridgehead atoms. The Balaban J connectivity index is 1.24. The Morgan fingerprint density at radius 1 is 1.22 bits per heavy atom. The van der Waals surface area contributed by atoms with E-state index in [-0.39, 0.29) is 18.3 Å². The fourth-order valence-corrected chi connectivity index (χ4v) is 5.98. The van der Waals surface area contributed by atoms with E-state index in [1.807, 2.05) is 24.3 Å². The van der Waals surface area contributed by atoms with Crippen LogP contribution in [0, 0.1) is 0 Å². The Labute approximate surface area is 192 Å². The predicted octanol–water partition coefficient (Wildman–Crippen LogP) is 4.35. The molecule has 0 saturated heterocycles. The minimum absolute atomic E-state index is 0.152. The number of benzene rings is 1. The molecule has 1 aliphatic carbocycles. The number of esters is 1. The van der Waals surface area contributed by atoms with Gasteiger partial charge in [-0.25, -0.2) is 9.78 Å². The third-order valence-corrected chi connectivity index (χ3v) is 7.52. The van der Waals surface area contributed by atoms with Crippen LogP contribution in [-0.2, 0) is 22.4 Å². The number of carbonyl (C=O) groups is 2. The van der Waals surface area contributed by atoms with E-state index in [4.69, 9.17) is 4.74 Å². The zero-order valence-electron chi connectivity index (χ0n) is 17.4. The lowest BCUT2D eigenvalue weighted by molar-refractivity contribution is -0.115. The van der Waals surface area contributed by atoms with Crippen molar-refractivity contribution < 1.29 is 14.3 Å². The summed E-state index contributed by atoms with van der Waals surface area (Å²) in [5.74, 6) is -0.0427. The van der Waals surface area contributed by atoms with E-state index in [2.05, 4.69) is 25.5 Å². The number of para-hydroxylation sites is 1. The van der Waals surface area contributed by atoms with E-state index in [1.54, 1.807) is 0 Å². The number of thioether (sulfide) groups is 1. The smallest absolute Gasteiger partial charge is 0.341 e. The Morgan fingerprint density at radius 2 is 2.06 bits per heavy atom. The second-order valence-electron chi connectivity index (χ2n) is 7.52. The van der Waals surface area contributed by atoms with Crippen molar-refractivity contribution >= 4 is 62.0 Å². The van der Waals surface area contributed by atoms with Gasteiger partial charge in [-0.1, -0.05) is 30.0 Å². The zero-order valence-corrected chi connectivity index (χ0v) is 19.1. The van der Waals surface area contributed by atoms with Gasteiger partial charge in [0, 0.05) is 28.0 Å². The number of methoxy groups -OCH3 is 1. The molecule has 5 rings (SSSR count). The van der Waals surface area contributed by atoms with E-state index < -0.39 is 0 Å². The van der Waals surface area contributed by atoms with Gasteiger partial charge in [-0.3, -0.25) is 4.79 Å². The van der Waals surface area contributed by atoms with Crippen molar-refractivity contribution in [2.45, 2.75) is 37.3 Å². The molecule has 0 aliphatic heterocycles. The van der Waals surface area contributed by atoms with Crippen LogP contribution in [0.3, 0.4) is 0 Å². The molecule has 0 fully saturated rings. The van der Waals surface area contributed by atoms with Gasteiger partial charge in [0.05, 0.1) is 12.7 Å². The molecule has 8 nitrogen and oxygen atoms in total. The molecule has 3 aromatic heterocycles. The molecule has 0 spiro atoms. The number of aryl methyl sites for hydroxylation is 1. The number of rotatable bonds is 6. The zero-order chi connectivity index (χ0) is 22.1. The largest absolute Gasteiger partial charge is 0.465 e. The second kappa shape index (κ2) is 8.87. The first-order chi connectivity index (χ1) is 15.6. The molecule has 2 N–H and O–H groups in total. The normalized spacial score (nSPS) is 13.3. The van der Waals surface area contributed by atoms with Crippen LogP contribution >= 0.6 is 23.1 Å². The summed E-state index contributed by atoms with van der Waals surface area (Å²) in [6.45, 7) is 0. The molecule has 0 saturated carbocycles. The maximum atomic E-state index is 12.6. The predicted molar refractivity (Wildman–Crippen MR) is 125 cm³/mol.